The number of nitrogens with one attached hydrogen (secondary N) is 1. The van der Waals surface area contributed by atoms with Gasteiger partial charge in [0.15, 0.2) is 5.75 Å². The van der Waals surface area contributed by atoms with Crippen molar-refractivity contribution in [2.45, 2.75) is 6.42 Å². The molecule has 0 bridgehead atoms. The minimum atomic E-state index is -0.404. The van der Waals surface area contributed by atoms with E-state index >= 15 is 0 Å². The van der Waals surface area contributed by atoms with E-state index in [1.165, 1.54) is 7.11 Å². The van der Waals surface area contributed by atoms with Crippen molar-refractivity contribution in [3.8, 4) is 17.3 Å². The summed E-state index contributed by atoms with van der Waals surface area (Å²) < 4.78 is 10.7. The third-order valence-corrected chi connectivity index (χ3v) is 4.08. The van der Waals surface area contributed by atoms with E-state index in [0.29, 0.717) is 28.9 Å². The van der Waals surface area contributed by atoms with Crippen LogP contribution in [-0.2, 0) is 6.42 Å². The summed E-state index contributed by atoms with van der Waals surface area (Å²) in [6.45, 7) is 0.273. The van der Waals surface area contributed by atoms with Gasteiger partial charge in [-0.15, -0.1) is 10.2 Å². The number of methoxy groups -OCH3 is 1. The number of hydrogen-bond acceptors (Lipinski definition) is 6. The van der Waals surface area contributed by atoms with Gasteiger partial charge >= 0.3 is 0 Å². The van der Waals surface area contributed by atoms with Crippen LogP contribution in [0.3, 0.4) is 0 Å². The summed E-state index contributed by atoms with van der Waals surface area (Å²) in [5.41, 5.74) is 0.770. The molecule has 0 spiro atoms. The van der Waals surface area contributed by atoms with Gasteiger partial charge in [-0.1, -0.05) is 29.3 Å². The number of ether oxygens (including phenoxy) is 1. The van der Waals surface area contributed by atoms with E-state index in [0.717, 1.165) is 0 Å². The van der Waals surface area contributed by atoms with Gasteiger partial charge in [0.1, 0.15) is 11.3 Å². The molecule has 0 atom stereocenters. The number of carbonyl (C=O) groups is 1. The maximum absolute atomic E-state index is 12.4. The number of amides is 1. The zero-order valence-electron chi connectivity index (χ0n) is 13.7. The maximum Gasteiger partial charge on any atom is 0.266 e. The van der Waals surface area contributed by atoms with E-state index in [1.54, 1.807) is 30.5 Å². The van der Waals surface area contributed by atoms with Gasteiger partial charge < -0.3 is 14.5 Å². The van der Waals surface area contributed by atoms with Crippen LogP contribution >= 0.6 is 23.2 Å². The summed E-state index contributed by atoms with van der Waals surface area (Å²) in [7, 11) is 1.42. The van der Waals surface area contributed by atoms with Crippen LogP contribution in [0, 0.1) is 0 Å². The Hall–Kier alpha value is -2.64. The standard InChI is InChI=1S/C17H14Cl2N4O3/c1-25-15-11(19)6-5-10(18)14(15)16(24)21-9-7-13-22-23-17(26-13)12-4-2-3-8-20-12/h2-6,8H,7,9H2,1H3,(H,21,24). The molecule has 0 saturated heterocycles. The zero-order chi connectivity index (χ0) is 18.5. The first kappa shape index (κ1) is 18.2. The predicted molar refractivity (Wildman–Crippen MR) is 96.6 cm³/mol. The van der Waals surface area contributed by atoms with Crippen molar-refractivity contribution in [2.24, 2.45) is 0 Å². The Morgan fingerprint density at radius 3 is 2.73 bits per heavy atom. The van der Waals surface area contributed by atoms with Crippen LogP contribution in [0.5, 0.6) is 5.75 Å². The summed E-state index contributed by atoms with van der Waals surface area (Å²) >= 11 is 12.1. The number of benzene rings is 1. The maximum atomic E-state index is 12.4. The van der Waals surface area contributed by atoms with E-state index in [4.69, 9.17) is 32.4 Å². The second kappa shape index (κ2) is 8.16. The molecule has 26 heavy (non-hydrogen) atoms. The highest BCUT2D eigenvalue weighted by Gasteiger charge is 2.19. The molecular formula is C17H14Cl2N4O3. The minimum absolute atomic E-state index is 0.182. The van der Waals surface area contributed by atoms with Gasteiger partial charge in [0, 0.05) is 19.2 Å². The normalized spacial score (nSPS) is 10.6. The second-order valence-corrected chi connectivity index (χ2v) is 5.97. The van der Waals surface area contributed by atoms with Crippen molar-refractivity contribution in [1.82, 2.24) is 20.5 Å². The predicted octanol–water partition coefficient (Wildman–Crippen LogP) is 3.42. The van der Waals surface area contributed by atoms with Crippen molar-refractivity contribution in [1.29, 1.82) is 0 Å². The number of rotatable bonds is 6. The molecule has 134 valence electrons. The Kier molecular flexibility index (Phi) is 5.70. The van der Waals surface area contributed by atoms with E-state index in [9.17, 15) is 4.79 Å². The Morgan fingerprint density at radius 2 is 2.00 bits per heavy atom. The van der Waals surface area contributed by atoms with E-state index in [-0.39, 0.29) is 22.9 Å². The SMILES string of the molecule is COc1c(Cl)ccc(Cl)c1C(=O)NCCc1nnc(-c2ccccn2)o1. The summed E-state index contributed by atoms with van der Waals surface area (Å²) in [5, 5.41) is 11.2. The highest BCUT2D eigenvalue weighted by atomic mass is 35.5. The molecule has 0 aliphatic heterocycles. The average molecular weight is 393 g/mol. The average Bonchev–Trinajstić information content (AvgIpc) is 3.13. The van der Waals surface area contributed by atoms with Gasteiger partial charge in [-0.25, -0.2) is 0 Å². The van der Waals surface area contributed by atoms with Gasteiger partial charge in [-0.05, 0) is 24.3 Å². The molecule has 0 aliphatic rings. The van der Waals surface area contributed by atoms with Crippen LogP contribution in [0.2, 0.25) is 10.0 Å². The molecule has 0 aliphatic carbocycles. The van der Waals surface area contributed by atoms with Crippen LogP contribution in [-0.4, -0.2) is 34.7 Å². The Labute approximate surface area is 159 Å². The fourth-order valence-electron chi connectivity index (χ4n) is 2.26. The third-order valence-electron chi connectivity index (χ3n) is 3.47. The van der Waals surface area contributed by atoms with Crippen molar-refractivity contribution < 1.29 is 13.9 Å². The number of pyridine rings is 1. The molecule has 1 aromatic carbocycles. The molecule has 0 unspecified atom stereocenters. The van der Waals surface area contributed by atoms with Crippen molar-refractivity contribution in [2.75, 3.05) is 13.7 Å². The molecule has 1 N–H and O–H groups in total. The van der Waals surface area contributed by atoms with Crippen molar-refractivity contribution in [3.63, 3.8) is 0 Å². The second-order valence-electron chi connectivity index (χ2n) is 5.16. The lowest BCUT2D eigenvalue weighted by Gasteiger charge is -2.11. The molecule has 9 heteroatoms. The van der Waals surface area contributed by atoms with Gasteiger partial charge in [-0.3, -0.25) is 9.78 Å². The third kappa shape index (κ3) is 3.95. The van der Waals surface area contributed by atoms with Crippen LogP contribution < -0.4 is 10.1 Å². The highest BCUT2D eigenvalue weighted by molar-refractivity contribution is 6.37. The lowest BCUT2D eigenvalue weighted by molar-refractivity contribution is 0.0950. The van der Waals surface area contributed by atoms with Crippen LogP contribution in [0.25, 0.3) is 11.6 Å². The summed E-state index contributed by atoms with van der Waals surface area (Å²) in [4.78, 5) is 16.5. The molecule has 1 amide bonds. The van der Waals surface area contributed by atoms with Crippen LogP contribution in [0.1, 0.15) is 16.2 Å². The van der Waals surface area contributed by atoms with Crippen molar-refractivity contribution >= 4 is 29.1 Å². The molecule has 0 fully saturated rings. The van der Waals surface area contributed by atoms with E-state index < -0.39 is 5.91 Å². The molecular weight excluding hydrogens is 379 g/mol. The highest BCUT2D eigenvalue weighted by Crippen LogP contribution is 2.33. The van der Waals surface area contributed by atoms with E-state index in [2.05, 4.69) is 20.5 Å². The number of nitrogens with zero attached hydrogens (tertiary/aromatic N) is 3. The number of hydrogen-bond donors (Lipinski definition) is 1. The monoisotopic (exact) mass is 392 g/mol. The smallest absolute Gasteiger partial charge is 0.266 e. The Balaban J connectivity index is 1.63. The fraction of sp³-hybridized carbons (Fsp3) is 0.176. The topological polar surface area (TPSA) is 90.1 Å². The van der Waals surface area contributed by atoms with Crippen LogP contribution in [0.15, 0.2) is 40.9 Å². The van der Waals surface area contributed by atoms with Crippen molar-refractivity contribution in [3.05, 3.63) is 58.0 Å². The lowest BCUT2D eigenvalue weighted by atomic mass is 10.2. The summed E-state index contributed by atoms with van der Waals surface area (Å²) in [6.07, 6.45) is 1.99. The Bertz CT molecular complexity index is 916. The van der Waals surface area contributed by atoms with Crippen LogP contribution in [0.4, 0.5) is 0 Å². The molecule has 7 nitrogen and oxygen atoms in total. The molecule has 0 saturated carbocycles. The molecule has 2 aromatic heterocycles. The number of halogens is 2. The first-order valence-electron chi connectivity index (χ1n) is 7.64. The summed E-state index contributed by atoms with van der Waals surface area (Å²) in [5.74, 6) is 0.535. The molecule has 3 rings (SSSR count). The lowest BCUT2D eigenvalue weighted by Crippen LogP contribution is -2.26. The largest absolute Gasteiger partial charge is 0.494 e. The molecule has 2 heterocycles. The first-order chi connectivity index (χ1) is 12.6. The van der Waals surface area contributed by atoms with Gasteiger partial charge in [0.25, 0.3) is 11.8 Å². The van der Waals surface area contributed by atoms with E-state index in [1.807, 2.05) is 6.07 Å². The molecule has 3 aromatic rings. The molecule has 0 radical (unpaired) electrons. The Morgan fingerprint density at radius 1 is 1.19 bits per heavy atom. The number of aromatic nitrogens is 3. The van der Waals surface area contributed by atoms with Gasteiger partial charge in [0.2, 0.25) is 5.89 Å². The van der Waals surface area contributed by atoms with Gasteiger partial charge in [-0.2, -0.15) is 0 Å². The minimum Gasteiger partial charge on any atom is -0.494 e. The zero-order valence-corrected chi connectivity index (χ0v) is 15.2. The van der Waals surface area contributed by atoms with Gasteiger partial charge in [0.05, 0.1) is 17.2 Å². The fourth-order valence-corrected chi connectivity index (χ4v) is 2.73. The first-order valence-corrected chi connectivity index (χ1v) is 8.39. The summed E-state index contributed by atoms with van der Waals surface area (Å²) in [6, 6.07) is 8.50. The quantitative estimate of drug-likeness (QED) is 0.690. The number of carbonyl (C=O) groups excluding carboxylic acids is 1.